The summed E-state index contributed by atoms with van der Waals surface area (Å²) in [5.41, 5.74) is 2.45. The number of hydrogen-bond acceptors (Lipinski definition) is 2. The topological polar surface area (TPSA) is 59.3 Å². The Morgan fingerprint density at radius 1 is 0.741 bits per heavy atom. The van der Waals surface area contributed by atoms with E-state index in [4.69, 9.17) is 0 Å². The Kier molecular flexibility index (Phi) is 4.30. The molecule has 1 aromatic heterocycles. The molecule has 4 rings (SSSR count). The molecular weight excluding hydrogens is 338 g/mol. The van der Waals surface area contributed by atoms with Crippen LogP contribution in [0.5, 0.6) is 0 Å². The Balaban J connectivity index is 1.91. The van der Waals surface area contributed by atoms with Crippen LogP contribution >= 0.6 is 0 Å². The van der Waals surface area contributed by atoms with Crippen LogP contribution < -0.4 is 0 Å². The van der Waals surface area contributed by atoms with Crippen LogP contribution in [0.25, 0.3) is 10.9 Å². The molecule has 0 unspecified atom stereocenters. The third-order valence-electron chi connectivity index (χ3n) is 4.69. The molecule has 0 aliphatic rings. The molecule has 0 saturated heterocycles. The summed E-state index contributed by atoms with van der Waals surface area (Å²) in [5.74, 6) is -1.75. The number of nitrogens with zero attached hydrogens (tertiary/aromatic N) is 1. The van der Waals surface area contributed by atoms with Gasteiger partial charge in [-0.15, -0.1) is 0 Å². The average Bonchev–Trinajstić information content (AvgIpc) is 3.10. The van der Waals surface area contributed by atoms with E-state index in [1.807, 2.05) is 60.7 Å². The minimum atomic E-state index is -1.05. The number of fused-ring (bicyclic) bond motifs is 1. The number of aromatic nitrogens is 1. The maximum atomic E-state index is 13.6. The number of carbonyl (C=O) groups is 2. The van der Waals surface area contributed by atoms with E-state index in [1.54, 1.807) is 24.3 Å². The molecule has 0 spiro atoms. The molecule has 4 heteroatoms. The first-order valence-corrected chi connectivity index (χ1v) is 8.64. The van der Waals surface area contributed by atoms with Crippen molar-refractivity contribution >= 4 is 22.8 Å². The van der Waals surface area contributed by atoms with Gasteiger partial charge in [-0.2, -0.15) is 0 Å². The number of carboxylic acid groups (broad SMARTS) is 1. The SMILES string of the molecule is O=C(O)c1cn(C(=O)C(c2ccccc2)c2ccccc2)c2ccccc12. The Morgan fingerprint density at radius 3 is 1.81 bits per heavy atom. The second-order valence-corrected chi connectivity index (χ2v) is 6.33. The predicted molar refractivity (Wildman–Crippen MR) is 104 cm³/mol. The van der Waals surface area contributed by atoms with Gasteiger partial charge < -0.3 is 5.11 Å². The Morgan fingerprint density at radius 2 is 1.26 bits per heavy atom. The summed E-state index contributed by atoms with van der Waals surface area (Å²) >= 11 is 0. The number of aromatic carboxylic acids is 1. The molecule has 1 heterocycles. The van der Waals surface area contributed by atoms with E-state index in [-0.39, 0.29) is 11.5 Å². The van der Waals surface area contributed by atoms with Crippen LogP contribution in [0.3, 0.4) is 0 Å². The normalized spacial score (nSPS) is 11.0. The van der Waals surface area contributed by atoms with Gasteiger partial charge in [-0.1, -0.05) is 78.9 Å². The first kappa shape index (κ1) is 16.8. The molecule has 27 heavy (non-hydrogen) atoms. The van der Waals surface area contributed by atoms with Gasteiger partial charge in [0.05, 0.1) is 17.0 Å². The van der Waals surface area contributed by atoms with Gasteiger partial charge in [-0.05, 0) is 17.2 Å². The third kappa shape index (κ3) is 3.02. The molecular formula is C23H17NO3. The Hall–Kier alpha value is -3.66. The quantitative estimate of drug-likeness (QED) is 0.571. The maximum absolute atomic E-state index is 13.6. The zero-order valence-corrected chi connectivity index (χ0v) is 14.4. The van der Waals surface area contributed by atoms with Gasteiger partial charge >= 0.3 is 5.97 Å². The van der Waals surface area contributed by atoms with Gasteiger partial charge in [0.2, 0.25) is 5.91 Å². The molecule has 132 valence electrons. The lowest BCUT2D eigenvalue weighted by atomic mass is 9.90. The molecule has 0 fully saturated rings. The highest BCUT2D eigenvalue weighted by Crippen LogP contribution is 2.30. The van der Waals surface area contributed by atoms with E-state index in [0.717, 1.165) is 11.1 Å². The van der Waals surface area contributed by atoms with Gasteiger partial charge in [0, 0.05) is 11.6 Å². The molecule has 4 nitrogen and oxygen atoms in total. The summed E-state index contributed by atoms with van der Waals surface area (Å²) < 4.78 is 1.46. The number of para-hydroxylation sites is 1. The summed E-state index contributed by atoms with van der Waals surface area (Å²) in [7, 11) is 0. The molecule has 0 atom stereocenters. The molecule has 0 aliphatic carbocycles. The van der Waals surface area contributed by atoms with Crippen molar-refractivity contribution in [1.29, 1.82) is 0 Å². The summed E-state index contributed by atoms with van der Waals surface area (Å²) in [5, 5.41) is 10.1. The van der Waals surface area contributed by atoms with Crippen LogP contribution in [0.2, 0.25) is 0 Å². The number of hydrogen-bond donors (Lipinski definition) is 1. The van der Waals surface area contributed by atoms with Crippen molar-refractivity contribution in [1.82, 2.24) is 4.57 Å². The first-order valence-electron chi connectivity index (χ1n) is 8.64. The Labute approximate surface area is 156 Å². The zero-order valence-electron chi connectivity index (χ0n) is 14.4. The van der Waals surface area contributed by atoms with E-state index in [0.29, 0.717) is 10.9 Å². The monoisotopic (exact) mass is 355 g/mol. The fraction of sp³-hybridized carbons (Fsp3) is 0.0435. The van der Waals surface area contributed by atoms with Crippen LogP contribution in [-0.2, 0) is 0 Å². The lowest BCUT2D eigenvalue weighted by molar-refractivity contribution is 0.0699. The number of carboxylic acids is 1. The van der Waals surface area contributed by atoms with Crippen molar-refractivity contribution in [2.24, 2.45) is 0 Å². The predicted octanol–water partition coefficient (Wildman–Crippen LogP) is 4.81. The van der Waals surface area contributed by atoms with Crippen LogP contribution in [0, 0.1) is 0 Å². The smallest absolute Gasteiger partial charge is 0.337 e. The standard InChI is InChI=1S/C23H17NO3/c25-22(24-15-19(23(26)27)18-13-7-8-14-20(18)24)21(16-9-3-1-4-10-16)17-11-5-2-6-12-17/h1-15,21H,(H,26,27). The second kappa shape index (κ2) is 6.92. The van der Waals surface area contributed by atoms with E-state index in [9.17, 15) is 14.7 Å². The minimum absolute atomic E-state index is 0.124. The van der Waals surface area contributed by atoms with Crippen LogP contribution in [0.1, 0.15) is 32.2 Å². The molecule has 0 aliphatic heterocycles. The second-order valence-electron chi connectivity index (χ2n) is 6.33. The fourth-order valence-corrected chi connectivity index (χ4v) is 3.44. The first-order chi connectivity index (χ1) is 13.2. The van der Waals surface area contributed by atoms with Gasteiger partial charge in [-0.3, -0.25) is 9.36 Å². The highest BCUT2D eigenvalue weighted by molar-refractivity contribution is 6.07. The molecule has 3 aromatic carbocycles. The number of benzene rings is 3. The van der Waals surface area contributed by atoms with E-state index in [1.165, 1.54) is 10.8 Å². The highest BCUT2D eigenvalue weighted by Gasteiger charge is 2.26. The van der Waals surface area contributed by atoms with E-state index in [2.05, 4.69) is 0 Å². The minimum Gasteiger partial charge on any atom is -0.478 e. The van der Waals surface area contributed by atoms with Crippen molar-refractivity contribution in [3.05, 3.63) is 108 Å². The summed E-state index contributed by atoms with van der Waals surface area (Å²) in [6.45, 7) is 0. The van der Waals surface area contributed by atoms with Gasteiger partial charge in [0.25, 0.3) is 0 Å². The number of rotatable bonds is 4. The Bertz CT molecular complexity index is 1070. The van der Waals surface area contributed by atoms with Gasteiger partial charge in [0.15, 0.2) is 0 Å². The molecule has 0 saturated carbocycles. The van der Waals surface area contributed by atoms with Crippen molar-refractivity contribution in [3.8, 4) is 0 Å². The van der Waals surface area contributed by atoms with E-state index >= 15 is 0 Å². The molecule has 0 bridgehead atoms. The summed E-state index contributed by atoms with van der Waals surface area (Å²) in [4.78, 5) is 25.2. The molecule has 4 aromatic rings. The van der Waals surface area contributed by atoms with Gasteiger partial charge in [0.1, 0.15) is 0 Å². The number of carbonyl (C=O) groups excluding carboxylic acids is 1. The van der Waals surface area contributed by atoms with Crippen LogP contribution in [-0.4, -0.2) is 21.6 Å². The maximum Gasteiger partial charge on any atom is 0.337 e. The lowest BCUT2D eigenvalue weighted by Crippen LogP contribution is -2.20. The van der Waals surface area contributed by atoms with Crippen molar-refractivity contribution < 1.29 is 14.7 Å². The van der Waals surface area contributed by atoms with Gasteiger partial charge in [-0.25, -0.2) is 4.79 Å². The van der Waals surface area contributed by atoms with Crippen LogP contribution in [0.15, 0.2) is 91.1 Å². The molecule has 0 radical (unpaired) electrons. The third-order valence-corrected chi connectivity index (χ3v) is 4.69. The molecule has 0 amide bonds. The summed E-state index contributed by atoms with van der Waals surface area (Å²) in [6, 6.07) is 26.1. The highest BCUT2D eigenvalue weighted by atomic mass is 16.4. The largest absolute Gasteiger partial charge is 0.478 e. The lowest BCUT2D eigenvalue weighted by Gasteiger charge is -2.18. The average molecular weight is 355 g/mol. The molecule has 1 N–H and O–H groups in total. The fourth-order valence-electron chi connectivity index (χ4n) is 3.44. The van der Waals surface area contributed by atoms with Crippen molar-refractivity contribution in [3.63, 3.8) is 0 Å². The zero-order chi connectivity index (χ0) is 18.8. The summed E-state index contributed by atoms with van der Waals surface area (Å²) in [6.07, 6.45) is 1.42. The van der Waals surface area contributed by atoms with Crippen LogP contribution in [0.4, 0.5) is 0 Å². The van der Waals surface area contributed by atoms with Crippen molar-refractivity contribution in [2.45, 2.75) is 5.92 Å². The van der Waals surface area contributed by atoms with Crippen molar-refractivity contribution in [2.75, 3.05) is 0 Å². The van der Waals surface area contributed by atoms with E-state index < -0.39 is 11.9 Å².